The highest BCUT2D eigenvalue weighted by molar-refractivity contribution is 6.05. The molecule has 1 aromatic heterocycles. The zero-order chi connectivity index (χ0) is 20.8. The minimum atomic E-state index is -0.156. The monoisotopic (exact) mass is 388 g/mol. The zero-order valence-corrected chi connectivity index (χ0v) is 17.5. The van der Waals surface area contributed by atoms with Crippen LogP contribution in [0.1, 0.15) is 60.4 Å². The van der Waals surface area contributed by atoms with Gasteiger partial charge in [0.25, 0.3) is 5.91 Å². The maximum atomic E-state index is 12.6. The minimum absolute atomic E-state index is 0.156. The number of rotatable bonds is 7. The first kappa shape index (κ1) is 20.6. The summed E-state index contributed by atoms with van der Waals surface area (Å²) in [5.41, 5.74) is 4.25. The van der Waals surface area contributed by atoms with Crippen LogP contribution in [-0.4, -0.2) is 10.9 Å². The Morgan fingerprint density at radius 1 is 1.03 bits per heavy atom. The van der Waals surface area contributed by atoms with E-state index in [-0.39, 0.29) is 5.91 Å². The number of para-hydroxylation sites is 1. The van der Waals surface area contributed by atoms with Crippen LogP contribution in [0.2, 0.25) is 0 Å². The first-order valence-corrected chi connectivity index (χ1v) is 10.1. The fraction of sp³-hybridized carbons (Fsp3) is 0.280. The number of aryl methyl sites for hydroxylation is 2. The van der Waals surface area contributed by atoms with Crippen LogP contribution in [0, 0.1) is 6.92 Å². The van der Waals surface area contributed by atoms with Crippen molar-refractivity contribution in [1.82, 2.24) is 4.98 Å². The van der Waals surface area contributed by atoms with E-state index in [1.54, 1.807) is 0 Å². The standard InChI is InChI=1S/C25H28N2O2/c1-5-8-19-13-16-23(18(4)26-19)25(28)27-20-11-14-21(15-12-20)29-24-10-7-6-9-22(24)17(2)3/h6-7,9-17H,5,8H2,1-4H3,(H,27,28). The number of benzene rings is 2. The number of amides is 1. The zero-order valence-electron chi connectivity index (χ0n) is 17.5. The van der Waals surface area contributed by atoms with Gasteiger partial charge < -0.3 is 10.1 Å². The highest BCUT2D eigenvalue weighted by Crippen LogP contribution is 2.30. The maximum Gasteiger partial charge on any atom is 0.257 e. The van der Waals surface area contributed by atoms with Gasteiger partial charge in [0.1, 0.15) is 11.5 Å². The van der Waals surface area contributed by atoms with Crippen molar-refractivity contribution in [3.8, 4) is 11.5 Å². The van der Waals surface area contributed by atoms with E-state index >= 15 is 0 Å². The summed E-state index contributed by atoms with van der Waals surface area (Å²) in [6, 6.07) is 19.2. The summed E-state index contributed by atoms with van der Waals surface area (Å²) in [6.07, 6.45) is 1.96. The Kier molecular flexibility index (Phi) is 6.65. The summed E-state index contributed by atoms with van der Waals surface area (Å²) in [5.74, 6) is 1.81. The fourth-order valence-electron chi connectivity index (χ4n) is 3.23. The molecule has 1 N–H and O–H groups in total. The molecule has 0 fully saturated rings. The Bertz CT molecular complexity index is 978. The molecular formula is C25H28N2O2. The van der Waals surface area contributed by atoms with Crippen molar-refractivity contribution in [2.45, 2.75) is 46.5 Å². The molecule has 2 aromatic carbocycles. The van der Waals surface area contributed by atoms with Crippen molar-refractivity contribution in [2.75, 3.05) is 5.32 Å². The molecule has 29 heavy (non-hydrogen) atoms. The van der Waals surface area contributed by atoms with Gasteiger partial charge in [0.2, 0.25) is 0 Å². The molecule has 0 aliphatic carbocycles. The molecule has 4 nitrogen and oxygen atoms in total. The van der Waals surface area contributed by atoms with E-state index in [9.17, 15) is 4.79 Å². The molecule has 3 aromatic rings. The van der Waals surface area contributed by atoms with Crippen molar-refractivity contribution < 1.29 is 9.53 Å². The second-order valence-corrected chi connectivity index (χ2v) is 7.46. The normalized spacial score (nSPS) is 10.8. The van der Waals surface area contributed by atoms with Crippen LogP contribution in [0.15, 0.2) is 60.7 Å². The van der Waals surface area contributed by atoms with Gasteiger partial charge in [-0.15, -0.1) is 0 Å². The summed E-state index contributed by atoms with van der Waals surface area (Å²) >= 11 is 0. The van der Waals surface area contributed by atoms with Crippen LogP contribution in [0.5, 0.6) is 11.5 Å². The molecule has 0 saturated carbocycles. The maximum absolute atomic E-state index is 12.6. The summed E-state index contributed by atoms with van der Waals surface area (Å²) in [6.45, 7) is 8.28. The Balaban J connectivity index is 1.69. The predicted octanol–water partition coefficient (Wildman–Crippen LogP) is 6.51. The Labute approximate surface area is 173 Å². The number of hydrogen-bond donors (Lipinski definition) is 1. The third kappa shape index (κ3) is 5.23. The quantitative estimate of drug-likeness (QED) is 0.502. The number of nitrogens with one attached hydrogen (secondary N) is 1. The molecule has 1 amide bonds. The first-order valence-electron chi connectivity index (χ1n) is 10.1. The van der Waals surface area contributed by atoms with Gasteiger partial charge in [0.05, 0.1) is 11.3 Å². The predicted molar refractivity (Wildman–Crippen MR) is 118 cm³/mol. The van der Waals surface area contributed by atoms with E-state index < -0.39 is 0 Å². The van der Waals surface area contributed by atoms with Gasteiger partial charge in [-0.1, -0.05) is 45.4 Å². The topological polar surface area (TPSA) is 51.2 Å². The molecule has 0 unspecified atom stereocenters. The van der Waals surface area contributed by atoms with E-state index in [1.807, 2.05) is 61.5 Å². The molecule has 0 bridgehead atoms. The lowest BCUT2D eigenvalue weighted by atomic mass is 10.0. The number of ether oxygens (including phenoxy) is 1. The fourth-order valence-corrected chi connectivity index (χ4v) is 3.23. The molecular weight excluding hydrogens is 360 g/mol. The number of hydrogen-bond acceptors (Lipinski definition) is 3. The highest BCUT2D eigenvalue weighted by Gasteiger charge is 2.12. The molecule has 1 heterocycles. The van der Waals surface area contributed by atoms with Gasteiger partial charge in [-0.2, -0.15) is 0 Å². The van der Waals surface area contributed by atoms with Crippen LogP contribution in [0.3, 0.4) is 0 Å². The van der Waals surface area contributed by atoms with Crippen LogP contribution in [0.25, 0.3) is 0 Å². The van der Waals surface area contributed by atoms with Crippen molar-refractivity contribution in [3.05, 3.63) is 83.2 Å². The molecule has 4 heteroatoms. The molecule has 0 aliphatic rings. The van der Waals surface area contributed by atoms with Gasteiger partial charge in [-0.25, -0.2) is 0 Å². The summed E-state index contributed by atoms with van der Waals surface area (Å²) in [7, 11) is 0. The van der Waals surface area contributed by atoms with Crippen molar-refractivity contribution in [2.24, 2.45) is 0 Å². The summed E-state index contributed by atoms with van der Waals surface area (Å²) in [4.78, 5) is 17.1. The number of aromatic nitrogens is 1. The Morgan fingerprint density at radius 3 is 2.41 bits per heavy atom. The molecule has 0 atom stereocenters. The Hall–Kier alpha value is -3.14. The number of pyridine rings is 1. The molecule has 150 valence electrons. The second-order valence-electron chi connectivity index (χ2n) is 7.46. The SMILES string of the molecule is CCCc1ccc(C(=O)Nc2ccc(Oc3ccccc3C(C)C)cc2)c(C)n1. The third-order valence-electron chi connectivity index (χ3n) is 4.78. The molecule has 0 spiro atoms. The van der Waals surface area contributed by atoms with Gasteiger partial charge in [0, 0.05) is 11.4 Å². The largest absolute Gasteiger partial charge is 0.457 e. The van der Waals surface area contributed by atoms with Crippen LogP contribution in [0.4, 0.5) is 5.69 Å². The summed E-state index contributed by atoms with van der Waals surface area (Å²) in [5, 5.41) is 2.94. The molecule has 0 aliphatic heterocycles. The third-order valence-corrected chi connectivity index (χ3v) is 4.78. The van der Waals surface area contributed by atoms with Crippen LogP contribution < -0.4 is 10.1 Å². The number of carbonyl (C=O) groups excluding carboxylic acids is 1. The van der Waals surface area contributed by atoms with E-state index in [0.717, 1.165) is 41.4 Å². The van der Waals surface area contributed by atoms with Crippen LogP contribution in [-0.2, 0) is 6.42 Å². The lowest BCUT2D eigenvalue weighted by Gasteiger charge is -2.14. The van der Waals surface area contributed by atoms with Crippen molar-refractivity contribution in [1.29, 1.82) is 0 Å². The van der Waals surface area contributed by atoms with E-state index in [0.29, 0.717) is 11.5 Å². The Morgan fingerprint density at radius 2 is 1.76 bits per heavy atom. The van der Waals surface area contributed by atoms with Crippen LogP contribution >= 0.6 is 0 Å². The minimum Gasteiger partial charge on any atom is -0.457 e. The van der Waals surface area contributed by atoms with Gasteiger partial charge in [-0.05, 0) is 67.3 Å². The number of carbonyl (C=O) groups is 1. The van der Waals surface area contributed by atoms with Crippen molar-refractivity contribution >= 4 is 11.6 Å². The first-order chi connectivity index (χ1) is 14.0. The van der Waals surface area contributed by atoms with E-state index in [4.69, 9.17) is 4.74 Å². The lowest BCUT2D eigenvalue weighted by molar-refractivity contribution is 0.102. The van der Waals surface area contributed by atoms with E-state index in [2.05, 4.69) is 37.1 Å². The highest BCUT2D eigenvalue weighted by atomic mass is 16.5. The van der Waals surface area contributed by atoms with Gasteiger partial charge in [0.15, 0.2) is 0 Å². The lowest BCUT2D eigenvalue weighted by Crippen LogP contribution is -2.14. The average molecular weight is 389 g/mol. The number of nitrogens with zero attached hydrogens (tertiary/aromatic N) is 1. The van der Waals surface area contributed by atoms with Crippen molar-refractivity contribution in [3.63, 3.8) is 0 Å². The van der Waals surface area contributed by atoms with Gasteiger partial charge >= 0.3 is 0 Å². The smallest absolute Gasteiger partial charge is 0.257 e. The second kappa shape index (κ2) is 9.37. The molecule has 0 radical (unpaired) electrons. The molecule has 3 rings (SSSR count). The van der Waals surface area contributed by atoms with Gasteiger partial charge in [-0.3, -0.25) is 9.78 Å². The average Bonchev–Trinajstić information content (AvgIpc) is 2.70. The summed E-state index contributed by atoms with van der Waals surface area (Å²) < 4.78 is 6.05. The van der Waals surface area contributed by atoms with E-state index in [1.165, 1.54) is 5.56 Å². The molecule has 0 saturated heterocycles. The number of anilines is 1.